The summed E-state index contributed by atoms with van der Waals surface area (Å²) in [4.78, 5) is 0.350. The molecular formula is C11H14Br4. The maximum absolute atomic E-state index is 3.70. The van der Waals surface area contributed by atoms with Gasteiger partial charge in [0.05, 0.1) is 4.83 Å². The Hall–Kier alpha value is 1.40. The molecule has 1 aliphatic carbocycles. The zero-order valence-corrected chi connectivity index (χ0v) is 15.0. The molecule has 0 amide bonds. The van der Waals surface area contributed by atoms with E-state index in [0.29, 0.717) is 4.83 Å². The van der Waals surface area contributed by atoms with Crippen molar-refractivity contribution in [2.24, 2.45) is 0 Å². The Morgan fingerprint density at radius 3 is 2.13 bits per heavy atom. The molecule has 0 saturated heterocycles. The Kier molecular flexibility index (Phi) is 6.72. The molecule has 0 aliphatic heterocycles. The molecule has 0 aromatic carbocycles. The van der Waals surface area contributed by atoms with Gasteiger partial charge in [-0.25, -0.2) is 0 Å². The third-order valence-corrected chi connectivity index (χ3v) is 7.79. The standard InChI is InChI=1S/C11H14Br4/c1-2-3-4-5-6-7-8(12)10(14)11(15)9(7)13/h8H,2-6H2,1H3. The fraction of sp³-hybridized carbons (Fsp3) is 0.636. The summed E-state index contributed by atoms with van der Waals surface area (Å²) in [5, 5.41) is 0. The van der Waals surface area contributed by atoms with Gasteiger partial charge in [0.15, 0.2) is 0 Å². The van der Waals surface area contributed by atoms with Gasteiger partial charge >= 0.3 is 0 Å². The Morgan fingerprint density at radius 2 is 1.67 bits per heavy atom. The molecule has 1 rings (SSSR count). The summed E-state index contributed by atoms with van der Waals surface area (Å²) < 4.78 is 3.56. The lowest BCUT2D eigenvalue weighted by atomic mass is 10.1. The predicted molar refractivity (Wildman–Crippen MR) is 82.3 cm³/mol. The fourth-order valence-corrected chi connectivity index (χ4v) is 4.77. The molecule has 86 valence electrons. The molecule has 0 aromatic heterocycles. The van der Waals surface area contributed by atoms with Crippen LogP contribution in [0.15, 0.2) is 19.0 Å². The van der Waals surface area contributed by atoms with E-state index in [9.17, 15) is 0 Å². The van der Waals surface area contributed by atoms with E-state index in [2.05, 4.69) is 70.6 Å². The average Bonchev–Trinajstić information content (AvgIpc) is 2.41. The monoisotopic (exact) mass is 462 g/mol. The maximum Gasteiger partial charge on any atom is 0.0696 e. The van der Waals surface area contributed by atoms with Gasteiger partial charge in [-0.1, -0.05) is 58.0 Å². The molecule has 1 atom stereocenters. The van der Waals surface area contributed by atoms with Crippen molar-refractivity contribution in [1.82, 2.24) is 0 Å². The summed E-state index contributed by atoms with van der Waals surface area (Å²) in [5.74, 6) is 0. The fourth-order valence-electron chi connectivity index (χ4n) is 1.60. The van der Waals surface area contributed by atoms with Crippen molar-refractivity contribution in [3.8, 4) is 0 Å². The predicted octanol–water partition coefficient (Wildman–Crippen LogP) is 6.38. The van der Waals surface area contributed by atoms with Gasteiger partial charge in [-0.2, -0.15) is 0 Å². The second kappa shape index (κ2) is 6.97. The highest BCUT2D eigenvalue weighted by atomic mass is 79.9. The smallest absolute Gasteiger partial charge is 0.0696 e. The molecule has 1 unspecified atom stereocenters. The van der Waals surface area contributed by atoms with Gasteiger partial charge in [-0.05, 0) is 50.3 Å². The Labute approximate surface area is 125 Å². The Morgan fingerprint density at radius 1 is 1.00 bits per heavy atom. The number of alkyl halides is 1. The Balaban J connectivity index is 2.50. The first-order valence-electron chi connectivity index (χ1n) is 5.17. The molecule has 0 spiro atoms. The highest BCUT2D eigenvalue weighted by Crippen LogP contribution is 2.47. The minimum absolute atomic E-state index is 0.350. The number of rotatable bonds is 5. The molecule has 0 bridgehead atoms. The van der Waals surface area contributed by atoms with Gasteiger partial charge in [0, 0.05) is 13.4 Å². The van der Waals surface area contributed by atoms with Crippen LogP contribution in [-0.2, 0) is 0 Å². The summed E-state index contributed by atoms with van der Waals surface area (Å²) in [6, 6.07) is 0. The van der Waals surface area contributed by atoms with Crippen molar-refractivity contribution in [3.63, 3.8) is 0 Å². The normalized spacial score (nSPS) is 21.8. The van der Waals surface area contributed by atoms with E-state index in [0.717, 1.165) is 4.48 Å². The first-order valence-corrected chi connectivity index (χ1v) is 8.47. The van der Waals surface area contributed by atoms with Crippen LogP contribution in [0.1, 0.15) is 39.0 Å². The average molecular weight is 466 g/mol. The van der Waals surface area contributed by atoms with E-state index >= 15 is 0 Å². The van der Waals surface area contributed by atoms with Crippen LogP contribution in [-0.4, -0.2) is 4.83 Å². The van der Waals surface area contributed by atoms with Crippen molar-refractivity contribution in [1.29, 1.82) is 0 Å². The van der Waals surface area contributed by atoms with Gasteiger partial charge in [-0.3, -0.25) is 0 Å². The summed E-state index contributed by atoms with van der Waals surface area (Å²) in [6.45, 7) is 2.24. The molecule has 0 fully saturated rings. The highest BCUT2D eigenvalue weighted by Gasteiger charge is 2.27. The van der Waals surface area contributed by atoms with E-state index in [1.807, 2.05) is 0 Å². The molecule has 0 nitrogen and oxygen atoms in total. The van der Waals surface area contributed by atoms with Crippen LogP contribution in [0.25, 0.3) is 0 Å². The van der Waals surface area contributed by atoms with Crippen LogP contribution in [0.2, 0.25) is 0 Å². The number of halogens is 4. The molecule has 0 aromatic rings. The minimum Gasteiger partial charge on any atom is -0.0783 e. The largest absolute Gasteiger partial charge is 0.0783 e. The van der Waals surface area contributed by atoms with Crippen molar-refractivity contribution in [2.75, 3.05) is 0 Å². The van der Waals surface area contributed by atoms with E-state index < -0.39 is 0 Å². The van der Waals surface area contributed by atoms with E-state index in [4.69, 9.17) is 0 Å². The van der Waals surface area contributed by atoms with Crippen LogP contribution in [0.3, 0.4) is 0 Å². The summed E-state index contributed by atoms with van der Waals surface area (Å²) in [5.41, 5.74) is 1.45. The van der Waals surface area contributed by atoms with Crippen LogP contribution in [0.5, 0.6) is 0 Å². The van der Waals surface area contributed by atoms with Crippen LogP contribution in [0, 0.1) is 0 Å². The van der Waals surface area contributed by atoms with Crippen LogP contribution < -0.4 is 0 Å². The number of hydrogen-bond acceptors (Lipinski definition) is 0. The first kappa shape index (κ1) is 14.5. The topological polar surface area (TPSA) is 0 Å². The summed E-state index contributed by atoms with van der Waals surface area (Å²) >= 11 is 14.5. The zero-order chi connectivity index (χ0) is 11.4. The molecule has 1 aliphatic rings. The van der Waals surface area contributed by atoms with Crippen molar-refractivity contribution >= 4 is 63.7 Å². The third-order valence-electron chi connectivity index (χ3n) is 2.51. The van der Waals surface area contributed by atoms with Crippen LogP contribution >= 0.6 is 63.7 Å². The van der Waals surface area contributed by atoms with E-state index in [1.165, 1.54) is 46.6 Å². The number of allylic oxidation sites excluding steroid dienone is 4. The molecule has 15 heavy (non-hydrogen) atoms. The Bertz CT molecular complexity index is 291. The lowest BCUT2D eigenvalue weighted by molar-refractivity contribution is 0.662. The second-order valence-electron chi connectivity index (χ2n) is 3.67. The van der Waals surface area contributed by atoms with Crippen molar-refractivity contribution in [3.05, 3.63) is 19.0 Å². The molecular weight excluding hydrogens is 452 g/mol. The molecule has 0 saturated carbocycles. The van der Waals surface area contributed by atoms with E-state index in [-0.39, 0.29) is 0 Å². The van der Waals surface area contributed by atoms with Crippen molar-refractivity contribution < 1.29 is 0 Å². The quantitative estimate of drug-likeness (QED) is 0.326. The molecule has 0 radical (unpaired) electrons. The molecule has 0 heterocycles. The second-order valence-corrected chi connectivity index (χ2v) is 7.03. The number of unbranched alkanes of at least 4 members (excludes halogenated alkanes) is 3. The van der Waals surface area contributed by atoms with Crippen molar-refractivity contribution in [2.45, 2.75) is 43.9 Å². The van der Waals surface area contributed by atoms with Gasteiger partial charge in [0.2, 0.25) is 0 Å². The summed E-state index contributed by atoms with van der Waals surface area (Å²) in [6.07, 6.45) is 6.41. The lowest BCUT2D eigenvalue weighted by Crippen LogP contribution is -1.98. The maximum atomic E-state index is 3.70. The van der Waals surface area contributed by atoms with Crippen LogP contribution in [0.4, 0.5) is 0 Å². The summed E-state index contributed by atoms with van der Waals surface area (Å²) in [7, 11) is 0. The third kappa shape index (κ3) is 3.68. The molecule has 0 N–H and O–H groups in total. The van der Waals surface area contributed by atoms with Gasteiger partial charge in [0.1, 0.15) is 0 Å². The van der Waals surface area contributed by atoms with Gasteiger partial charge in [-0.15, -0.1) is 0 Å². The van der Waals surface area contributed by atoms with Gasteiger partial charge < -0.3 is 0 Å². The zero-order valence-electron chi connectivity index (χ0n) is 8.62. The molecule has 4 heteroatoms. The number of hydrogen-bond donors (Lipinski definition) is 0. The van der Waals surface area contributed by atoms with E-state index in [1.54, 1.807) is 0 Å². The minimum atomic E-state index is 0.350. The first-order chi connectivity index (χ1) is 7.09. The highest BCUT2D eigenvalue weighted by molar-refractivity contribution is 9.17. The SMILES string of the molecule is CCCCCCC1=C(Br)C(Br)=C(Br)C1Br. The van der Waals surface area contributed by atoms with Gasteiger partial charge in [0.25, 0.3) is 0 Å². The lowest BCUT2D eigenvalue weighted by Gasteiger charge is -2.09.